The SMILES string of the molecule is CCN1C[C@H](C)C[C@@](C)(OC)[C@H](O[C@@H]2O[C@H](C)C[C@H](N(C)C)[C@H]2O)[C@@H](C)C2OC2C(C)(C)C(=O)OC[C@H]1CC1CCN(CCOC)CC1. The van der Waals surface area contributed by atoms with E-state index in [9.17, 15) is 9.90 Å². The predicted molar refractivity (Wildman–Crippen MR) is 186 cm³/mol. The van der Waals surface area contributed by atoms with Crippen molar-refractivity contribution in [3.05, 3.63) is 0 Å². The van der Waals surface area contributed by atoms with E-state index in [-0.39, 0.29) is 48.2 Å². The van der Waals surface area contributed by atoms with E-state index < -0.39 is 29.5 Å². The van der Waals surface area contributed by atoms with E-state index in [1.165, 1.54) is 0 Å². The number of carbonyl (C=O) groups is 1. The Morgan fingerprint density at radius 3 is 2.35 bits per heavy atom. The van der Waals surface area contributed by atoms with Crippen LogP contribution in [-0.2, 0) is 33.2 Å². The summed E-state index contributed by atoms with van der Waals surface area (Å²) in [5.74, 6) is 0.475. The van der Waals surface area contributed by atoms with Gasteiger partial charge in [-0.05, 0) is 105 Å². The molecule has 11 atom stereocenters. The average molecular weight is 684 g/mol. The van der Waals surface area contributed by atoms with Gasteiger partial charge in [-0.1, -0.05) is 20.8 Å². The molecule has 0 aliphatic carbocycles. The number of aliphatic hydroxyl groups excluding tert-OH is 1. The molecule has 4 aliphatic rings. The van der Waals surface area contributed by atoms with Gasteiger partial charge >= 0.3 is 5.97 Å². The van der Waals surface area contributed by atoms with Crippen molar-refractivity contribution in [3.8, 4) is 0 Å². The third-order valence-electron chi connectivity index (χ3n) is 11.9. The number of aliphatic hydroxyl groups is 1. The number of rotatable bonds is 10. The number of methoxy groups -OCH3 is 2. The molecule has 0 bridgehead atoms. The van der Waals surface area contributed by atoms with Gasteiger partial charge < -0.3 is 43.3 Å². The fourth-order valence-corrected chi connectivity index (χ4v) is 8.76. The van der Waals surface area contributed by atoms with Crippen molar-refractivity contribution in [2.75, 3.05) is 74.3 Å². The van der Waals surface area contributed by atoms with E-state index in [2.05, 4.69) is 37.5 Å². The maximum Gasteiger partial charge on any atom is 0.314 e. The summed E-state index contributed by atoms with van der Waals surface area (Å²) in [4.78, 5) is 20.8. The Morgan fingerprint density at radius 1 is 1.06 bits per heavy atom. The Labute approximate surface area is 291 Å². The number of piperidine rings is 1. The van der Waals surface area contributed by atoms with Crippen molar-refractivity contribution in [1.29, 1.82) is 0 Å². The third-order valence-corrected chi connectivity index (χ3v) is 11.9. The maximum atomic E-state index is 13.8. The molecule has 0 aromatic rings. The van der Waals surface area contributed by atoms with Crippen molar-refractivity contribution < 1.29 is 38.3 Å². The van der Waals surface area contributed by atoms with Crippen molar-refractivity contribution >= 4 is 5.97 Å². The Balaban J connectivity index is 1.59. The highest BCUT2D eigenvalue weighted by atomic mass is 16.7. The van der Waals surface area contributed by atoms with Crippen LogP contribution in [0.15, 0.2) is 0 Å². The third kappa shape index (κ3) is 9.50. The minimum Gasteiger partial charge on any atom is -0.464 e. The van der Waals surface area contributed by atoms with Crippen LogP contribution in [0.5, 0.6) is 0 Å². The van der Waals surface area contributed by atoms with Crippen LogP contribution in [0.3, 0.4) is 0 Å². The monoisotopic (exact) mass is 684 g/mol. The normalized spacial score (nSPS) is 41.1. The lowest BCUT2D eigenvalue weighted by Gasteiger charge is -2.47. The quantitative estimate of drug-likeness (QED) is 0.270. The minimum atomic E-state index is -0.829. The Morgan fingerprint density at radius 2 is 1.75 bits per heavy atom. The van der Waals surface area contributed by atoms with E-state index in [1.807, 2.05) is 39.8 Å². The number of hydrogen-bond acceptors (Lipinski definition) is 11. The molecule has 0 aromatic heterocycles. The number of likely N-dealkylation sites (N-methyl/N-ethyl adjacent to an activating group) is 2. The molecule has 4 fully saturated rings. The first-order valence-corrected chi connectivity index (χ1v) is 18.6. The highest BCUT2D eigenvalue weighted by molar-refractivity contribution is 5.77. The molecular weight excluding hydrogens is 614 g/mol. The smallest absolute Gasteiger partial charge is 0.314 e. The fourth-order valence-electron chi connectivity index (χ4n) is 8.76. The molecule has 0 saturated carbocycles. The lowest BCUT2D eigenvalue weighted by Crippen LogP contribution is -2.59. The number of hydrogen-bond donors (Lipinski definition) is 1. The van der Waals surface area contributed by atoms with E-state index >= 15 is 0 Å². The number of nitrogens with zero attached hydrogens (tertiary/aromatic N) is 3. The first-order chi connectivity index (χ1) is 22.6. The van der Waals surface area contributed by atoms with Crippen molar-refractivity contribution in [2.24, 2.45) is 23.2 Å². The molecule has 4 rings (SSSR count). The number of cyclic esters (lactones) is 1. The minimum absolute atomic E-state index is 0.0707. The summed E-state index contributed by atoms with van der Waals surface area (Å²) in [6.45, 7) is 20.6. The Kier molecular flexibility index (Phi) is 14.2. The van der Waals surface area contributed by atoms with Gasteiger partial charge in [0.1, 0.15) is 18.8 Å². The largest absolute Gasteiger partial charge is 0.464 e. The van der Waals surface area contributed by atoms with E-state index in [1.54, 1.807) is 14.2 Å². The Hall–Kier alpha value is -0.890. The molecule has 4 heterocycles. The molecule has 0 aromatic carbocycles. The summed E-state index contributed by atoms with van der Waals surface area (Å²) in [6, 6.07) is 0.0353. The molecule has 4 aliphatic heterocycles. The van der Waals surface area contributed by atoms with Crippen LogP contribution < -0.4 is 0 Å². The predicted octanol–water partition coefficient (Wildman–Crippen LogP) is 3.65. The number of carbonyl (C=O) groups excluding carboxylic acids is 1. The van der Waals surface area contributed by atoms with Gasteiger partial charge in [0.15, 0.2) is 6.29 Å². The van der Waals surface area contributed by atoms with Gasteiger partial charge in [-0.25, -0.2) is 0 Å². The van der Waals surface area contributed by atoms with Gasteiger partial charge in [0.05, 0.1) is 35.9 Å². The summed E-state index contributed by atoms with van der Waals surface area (Å²) in [5.41, 5.74) is -1.53. The highest BCUT2D eigenvalue weighted by Gasteiger charge is 2.60. The van der Waals surface area contributed by atoms with Crippen LogP contribution in [-0.4, -0.2) is 155 Å². The molecule has 280 valence electrons. The summed E-state index contributed by atoms with van der Waals surface area (Å²) in [6.07, 6.45) is 2.06. The summed E-state index contributed by atoms with van der Waals surface area (Å²) < 4.78 is 37.4. The molecule has 0 amide bonds. The second kappa shape index (κ2) is 17.1. The van der Waals surface area contributed by atoms with Crippen LogP contribution in [0.2, 0.25) is 0 Å². The number of epoxide rings is 1. The van der Waals surface area contributed by atoms with Gasteiger partial charge in [-0.2, -0.15) is 0 Å². The summed E-state index contributed by atoms with van der Waals surface area (Å²) in [7, 11) is 7.49. The first-order valence-electron chi connectivity index (χ1n) is 18.6. The first kappa shape index (κ1) is 39.9. The molecule has 2 unspecified atom stereocenters. The lowest BCUT2D eigenvalue weighted by atomic mass is 9.77. The van der Waals surface area contributed by atoms with Gasteiger partial charge in [0.25, 0.3) is 0 Å². The molecular formula is C37H69N3O8. The number of ether oxygens (including phenoxy) is 6. The van der Waals surface area contributed by atoms with Crippen molar-refractivity contribution in [1.82, 2.24) is 14.7 Å². The van der Waals surface area contributed by atoms with Gasteiger partial charge in [-0.3, -0.25) is 9.69 Å². The van der Waals surface area contributed by atoms with Gasteiger partial charge in [0, 0.05) is 45.3 Å². The zero-order valence-corrected chi connectivity index (χ0v) is 32.0. The molecule has 48 heavy (non-hydrogen) atoms. The van der Waals surface area contributed by atoms with Crippen LogP contribution in [0.1, 0.15) is 80.6 Å². The topological polar surface area (TPSA) is 106 Å². The highest BCUT2D eigenvalue weighted by Crippen LogP contribution is 2.47. The van der Waals surface area contributed by atoms with Crippen LogP contribution in [0.4, 0.5) is 0 Å². The summed E-state index contributed by atoms with van der Waals surface area (Å²) >= 11 is 0. The summed E-state index contributed by atoms with van der Waals surface area (Å²) in [5, 5.41) is 11.4. The van der Waals surface area contributed by atoms with Crippen molar-refractivity contribution in [3.63, 3.8) is 0 Å². The molecule has 11 nitrogen and oxygen atoms in total. The van der Waals surface area contributed by atoms with E-state index in [4.69, 9.17) is 28.4 Å². The molecule has 0 radical (unpaired) electrons. The van der Waals surface area contributed by atoms with E-state index in [0.717, 1.165) is 71.4 Å². The van der Waals surface area contributed by atoms with Gasteiger partial charge in [0.2, 0.25) is 0 Å². The second-order valence-corrected chi connectivity index (χ2v) is 16.4. The number of esters is 1. The second-order valence-electron chi connectivity index (χ2n) is 16.4. The van der Waals surface area contributed by atoms with Gasteiger partial charge in [-0.15, -0.1) is 0 Å². The maximum absolute atomic E-state index is 13.8. The molecule has 0 spiro atoms. The van der Waals surface area contributed by atoms with Crippen LogP contribution >= 0.6 is 0 Å². The lowest BCUT2D eigenvalue weighted by molar-refractivity contribution is -0.297. The molecule has 4 saturated heterocycles. The van der Waals surface area contributed by atoms with Crippen LogP contribution in [0.25, 0.3) is 0 Å². The molecule has 11 heteroatoms. The zero-order chi connectivity index (χ0) is 35.4. The van der Waals surface area contributed by atoms with E-state index in [0.29, 0.717) is 12.5 Å². The number of fused-ring (bicyclic) bond motifs is 1. The standard InChI is InChI=1S/C37H69N3O8/c1-12-40-22-24(2)21-37(7,44-11)32(48-34-30(41)29(38(8)9)19-25(3)46-34)26(4)31-33(47-31)36(5,6)35(42)45-23-28(40)20-27-13-15-39(16-14-27)17-18-43-10/h24-34,41H,12-23H2,1-11H3/t24-,25-,26+,28-,29+,30-,31?,32-,33?,34+,37-/m1/s1. The fraction of sp³-hybridized carbons (Fsp3) is 0.973. The molecule has 1 N–H and O–H groups in total. The van der Waals surface area contributed by atoms with Crippen molar-refractivity contribution in [2.45, 2.75) is 135 Å². The Bertz CT molecular complexity index is 1010. The zero-order valence-electron chi connectivity index (χ0n) is 32.0. The van der Waals surface area contributed by atoms with Crippen LogP contribution in [0, 0.1) is 23.2 Å². The average Bonchev–Trinajstić information content (AvgIpc) is 3.86. The number of likely N-dealkylation sites (tertiary alicyclic amines) is 1.